The monoisotopic (exact) mass is 443 g/mol. The average molecular weight is 444 g/mol. The molecule has 3 rings (SSSR count). The number of hydrogen-bond acceptors (Lipinski definition) is 6. The van der Waals surface area contributed by atoms with Gasteiger partial charge in [0.25, 0.3) is 0 Å². The standard InChI is InChI=1S/C22H26ClN5O3/c1-13(2)22(23)27(4)8-7-19(29)21-17-9-15(16-10-24-14(3)25-11-16)5-6-18(17)28(26-21)12-20(30)31/h5-6,9-11,19,29H,7-8,12H2,1-4H3,(H,30,31). The van der Waals surface area contributed by atoms with E-state index in [2.05, 4.69) is 15.1 Å². The van der Waals surface area contributed by atoms with E-state index in [4.69, 9.17) is 11.6 Å². The highest BCUT2D eigenvalue weighted by Gasteiger charge is 2.20. The first-order valence-electron chi connectivity index (χ1n) is 9.90. The molecule has 0 fully saturated rings. The minimum absolute atomic E-state index is 0.292. The van der Waals surface area contributed by atoms with Crippen LogP contribution in [0.15, 0.2) is 41.3 Å². The van der Waals surface area contributed by atoms with Crippen molar-refractivity contribution < 1.29 is 15.0 Å². The lowest BCUT2D eigenvalue weighted by molar-refractivity contribution is -0.137. The van der Waals surface area contributed by atoms with Crippen LogP contribution < -0.4 is 0 Å². The van der Waals surface area contributed by atoms with Crippen LogP contribution in [0.1, 0.15) is 37.9 Å². The third-order valence-electron chi connectivity index (χ3n) is 4.98. The fourth-order valence-corrected chi connectivity index (χ4v) is 3.44. The number of halogens is 1. The Morgan fingerprint density at radius 3 is 2.52 bits per heavy atom. The van der Waals surface area contributed by atoms with Crippen LogP contribution in [-0.2, 0) is 11.3 Å². The number of aryl methyl sites for hydroxylation is 1. The maximum Gasteiger partial charge on any atom is 0.325 e. The summed E-state index contributed by atoms with van der Waals surface area (Å²) in [7, 11) is 1.86. The predicted molar refractivity (Wildman–Crippen MR) is 120 cm³/mol. The highest BCUT2D eigenvalue weighted by Crippen LogP contribution is 2.30. The number of hydrogen-bond donors (Lipinski definition) is 2. The molecule has 8 nitrogen and oxygen atoms in total. The number of aliphatic carboxylic acids is 1. The van der Waals surface area contributed by atoms with Gasteiger partial charge in [0, 0.05) is 36.9 Å². The Morgan fingerprint density at radius 1 is 1.23 bits per heavy atom. The SMILES string of the molecule is CC(C)=C(Cl)N(C)CCC(O)c1nn(CC(=O)O)c2ccc(-c3cnc(C)nc3)cc12. The molecule has 0 bridgehead atoms. The Morgan fingerprint density at radius 2 is 1.90 bits per heavy atom. The van der Waals surface area contributed by atoms with Gasteiger partial charge in [-0.15, -0.1) is 0 Å². The zero-order valence-corrected chi connectivity index (χ0v) is 18.8. The van der Waals surface area contributed by atoms with E-state index >= 15 is 0 Å². The van der Waals surface area contributed by atoms with Gasteiger partial charge in [-0.2, -0.15) is 5.10 Å². The van der Waals surface area contributed by atoms with Crippen LogP contribution in [0.25, 0.3) is 22.0 Å². The van der Waals surface area contributed by atoms with Crippen molar-refractivity contribution in [3.8, 4) is 11.1 Å². The second-order valence-electron chi connectivity index (χ2n) is 7.70. The number of aromatic nitrogens is 4. The normalized spacial score (nSPS) is 12.1. The van der Waals surface area contributed by atoms with E-state index in [0.29, 0.717) is 40.5 Å². The second kappa shape index (κ2) is 9.45. The zero-order chi connectivity index (χ0) is 22.7. The van der Waals surface area contributed by atoms with Crippen LogP contribution in [-0.4, -0.2) is 54.4 Å². The van der Waals surface area contributed by atoms with E-state index < -0.39 is 12.1 Å². The van der Waals surface area contributed by atoms with E-state index in [1.807, 2.05) is 50.9 Å². The topological polar surface area (TPSA) is 104 Å². The lowest BCUT2D eigenvalue weighted by Crippen LogP contribution is -2.19. The molecule has 0 saturated heterocycles. The van der Waals surface area contributed by atoms with Crippen LogP contribution >= 0.6 is 11.6 Å². The lowest BCUT2D eigenvalue weighted by Gasteiger charge is -2.20. The molecule has 0 aliphatic heterocycles. The van der Waals surface area contributed by atoms with E-state index in [1.165, 1.54) is 4.68 Å². The Kier molecular flexibility index (Phi) is 6.92. The first-order valence-corrected chi connectivity index (χ1v) is 10.3. The van der Waals surface area contributed by atoms with Crippen LogP contribution in [0.3, 0.4) is 0 Å². The molecule has 0 amide bonds. The van der Waals surface area contributed by atoms with Gasteiger partial charge < -0.3 is 15.1 Å². The Hall–Kier alpha value is -2.97. The summed E-state index contributed by atoms with van der Waals surface area (Å²) in [6.45, 7) is 5.89. The first kappa shape index (κ1) is 22.7. The number of rotatable bonds is 8. The highest BCUT2D eigenvalue weighted by molar-refractivity contribution is 6.29. The molecule has 0 aliphatic rings. The van der Waals surface area contributed by atoms with Crippen molar-refractivity contribution in [2.45, 2.75) is 39.8 Å². The summed E-state index contributed by atoms with van der Waals surface area (Å²) in [5.41, 5.74) is 3.76. The number of allylic oxidation sites excluding steroid dienone is 1. The molecular weight excluding hydrogens is 418 g/mol. The number of aliphatic hydroxyl groups excluding tert-OH is 1. The molecule has 31 heavy (non-hydrogen) atoms. The molecule has 2 aromatic heterocycles. The van der Waals surface area contributed by atoms with Gasteiger partial charge in [-0.3, -0.25) is 9.48 Å². The van der Waals surface area contributed by atoms with Crippen molar-refractivity contribution >= 4 is 28.5 Å². The molecule has 0 aliphatic carbocycles. The summed E-state index contributed by atoms with van der Waals surface area (Å²) in [6, 6.07) is 5.57. The van der Waals surface area contributed by atoms with Crippen LogP contribution in [0.2, 0.25) is 0 Å². The van der Waals surface area contributed by atoms with E-state index in [9.17, 15) is 15.0 Å². The first-order chi connectivity index (χ1) is 14.7. The number of carbonyl (C=O) groups is 1. The van der Waals surface area contributed by atoms with Gasteiger partial charge in [-0.05, 0) is 50.5 Å². The van der Waals surface area contributed by atoms with Gasteiger partial charge >= 0.3 is 5.97 Å². The Bertz CT molecular complexity index is 1120. The van der Waals surface area contributed by atoms with Gasteiger partial charge in [0.1, 0.15) is 23.6 Å². The second-order valence-corrected chi connectivity index (χ2v) is 8.06. The van der Waals surface area contributed by atoms with Crippen molar-refractivity contribution in [3.63, 3.8) is 0 Å². The Balaban J connectivity index is 1.98. The quantitative estimate of drug-likeness (QED) is 0.511. The number of aliphatic hydroxyl groups is 1. The highest BCUT2D eigenvalue weighted by atomic mass is 35.5. The maximum absolute atomic E-state index is 11.3. The third kappa shape index (κ3) is 5.21. The summed E-state index contributed by atoms with van der Waals surface area (Å²) in [4.78, 5) is 21.6. The summed E-state index contributed by atoms with van der Waals surface area (Å²) in [5, 5.41) is 25.9. The smallest absolute Gasteiger partial charge is 0.325 e. The fraction of sp³-hybridized carbons (Fsp3) is 0.364. The molecule has 1 unspecified atom stereocenters. The average Bonchev–Trinajstić information content (AvgIpc) is 3.08. The van der Waals surface area contributed by atoms with Crippen molar-refractivity contribution in [3.05, 3.63) is 52.8 Å². The molecule has 2 N–H and O–H groups in total. The maximum atomic E-state index is 11.3. The molecule has 3 aromatic rings. The summed E-state index contributed by atoms with van der Waals surface area (Å²) in [5.74, 6) is -0.328. The predicted octanol–water partition coefficient (Wildman–Crippen LogP) is 3.73. The number of benzene rings is 1. The van der Waals surface area contributed by atoms with Gasteiger partial charge in [0.15, 0.2) is 0 Å². The summed E-state index contributed by atoms with van der Waals surface area (Å²) >= 11 is 6.28. The van der Waals surface area contributed by atoms with Gasteiger partial charge in [0.05, 0.1) is 11.2 Å². The summed E-state index contributed by atoms with van der Waals surface area (Å²) in [6.07, 6.45) is 2.97. The number of carboxylic acid groups (broad SMARTS) is 1. The van der Waals surface area contributed by atoms with Crippen molar-refractivity contribution in [2.75, 3.05) is 13.6 Å². The minimum atomic E-state index is -1.00. The molecule has 1 aromatic carbocycles. The van der Waals surface area contributed by atoms with Crippen molar-refractivity contribution in [1.82, 2.24) is 24.6 Å². The molecule has 1 atom stereocenters. The van der Waals surface area contributed by atoms with Crippen LogP contribution in [0.5, 0.6) is 0 Å². The number of carboxylic acids is 1. The Labute approximate surface area is 185 Å². The van der Waals surface area contributed by atoms with Gasteiger partial charge in [-0.1, -0.05) is 17.7 Å². The fourth-order valence-electron chi connectivity index (χ4n) is 3.35. The molecule has 9 heteroatoms. The largest absolute Gasteiger partial charge is 0.480 e. The zero-order valence-electron chi connectivity index (χ0n) is 18.0. The molecule has 2 heterocycles. The molecular formula is C22H26ClN5O3. The van der Waals surface area contributed by atoms with E-state index in [-0.39, 0.29) is 6.54 Å². The van der Waals surface area contributed by atoms with E-state index in [0.717, 1.165) is 16.7 Å². The van der Waals surface area contributed by atoms with E-state index in [1.54, 1.807) is 12.4 Å². The number of fused-ring (bicyclic) bond motifs is 1. The lowest BCUT2D eigenvalue weighted by atomic mass is 10.0. The molecule has 164 valence electrons. The third-order valence-corrected chi connectivity index (χ3v) is 5.65. The number of nitrogens with zero attached hydrogens (tertiary/aromatic N) is 5. The van der Waals surface area contributed by atoms with Crippen molar-refractivity contribution in [1.29, 1.82) is 0 Å². The molecule has 0 spiro atoms. The van der Waals surface area contributed by atoms with Gasteiger partial charge in [0.2, 0.25) is 0 Å². The van der Waals surface area contributed by atoms with Gasteiger partial charge in [-0.25, -0.2) is 9.97 Å². The molecule has 0 saturated carbocycles. The van der Waals surface area contributed by atoms with Crippen LogP contribution in [0.4, 0.5) is 0 Å². The van der Waals surface area contributed by atoms with Crippen LogP contribution in [0, 0.1) is 6.92 Å². The summed E-state index contributed by atoms with van der Waals surface area (Å²) < 4.78 is 1.40. The molecule has 0 radical (unpaired) electrons. The van der Waals surface area contributed by atoms with Crippen molar-refractivity contribution in [2.24, 2.45) is 0 Å². The minimum Gasteiger partial charge on any atom is -0.480 e.